The molecule has 2 heterocycles. The third-order valence-corrected chi connectivity index (χ3v) is 5.13. The van der Waals surface area contributed by atoms with Gasteiger partial charge in [0, 0.05) is 11.6 Å². The molecule has 3 N–H and O–H groups in total. The molecule has 1 atom stereocenters. The normalized spacial score (nSPS) is 19.7. The Morgan fingerprint density at radius 1 is 1.32 bits per heavy atom. The predicted octanol–water partition coefficient (Wildman–Crippen LogP) is 0.973. The van der Waals surface area contributed by atoms with Gasteiger partial charge in [-0.05, 0) is 25.1 Å². The number of nitrogens with two attached hydrogens (primary N) is 1. The van der Waals surface area contributed by atoms with E-state index in [4.69, 9.17) is 5.73 Å². The first-order valence-electron chi connectivity index (χ1n) is 6.43. The number of fused-ring (bicyclic) bond motifs is 1. The fourth-order valence-corrected chi connectivity index (χ4v) is 3.59. The lowest BCUT2D eigenvalue weighted by molar-refractivity contribution is 0.186. The summed E-state index contributed by atoms with van der Waals surface area (Å²) in [7, 11) is -3.57. The molecule has 3 rings (SSSR count). The van der Waals surface area contributed by atoms with Gasteiger partial charge in [0.15, 0.2) is 5.37 Å². The van der Waals surface area contributed by atoms with E-state index in [1.54, 1.807) is 24.3 Å². The Morgan fingerprint density at radius 2 is 2.00 bits per heavy atom. The number of nitrogens with zero attached hydrogens (tertiary/aromatic N) is 1. The van der Waals surface area contributed by atoms with E-state index >= 15 is 0 Å². The number of amides is 1. The smallest absolute Gasteiger partial charge is 0.391 e. The van der Waals surface area contributed by atoms with E-state index < -0.39 is 21.3 Å². The van der Waals surface area contributed by atoms with Crippen LogP contribution in [-0.2, 0) is 14.6 Å². The molecule has 1 aromatic rings. The van der Waals surface area contributed by atoms with E-state index in [1.165, 1.54) is 12.2 Å². The molecule has 1 amide bonds. The average Bonchev–Trinajstić information content (AvgIpc) is 2.96. The topological polar surface area (TPSA) is 111 Å². The molecule has 1 unspecified atom stereocenters. The van der Waals surface area contributed by atoms with E-state index in [0.717, 1.165) is 5.56 Å². The first kappa shape index (κ1) is 14.3. The zero-order chi connectivity index (χ0) is 15.9. The van der Waals surface area contributed by atoms with Gasteiger partial charge in [-0.3, -0.25) is 0 Å². The number of nitrogens with one attached hydrogen (secondary N) is 1. The molecule has 2 aliphatic heterocycles. The van der Waals surface area contributed by atoms with Crippen molar-refractivity contribution in [3.63, 3.8) is 0 Å². The van der Waals surface area contributed by atoms with Crippen LogP contribution in [0.4, 0.5) is 4.79 Å². The number of carbonyl (C=O) groups is 1. The standard InChI is InChI=1S/C14H13N3O4S/c1-8-2-4-10(5-3-8)22(19,20)12-7-9-6-11(21-14(15)18)16-13(9)17-12/h2-7,12H,1H3,(H2,15,18)(H,16,17). The van der Waals surface area contributed by atoms with Gasteiger partial charge in [-0.25, -0.2) is 13.2 Å². The minimum Gasteiger partial charge on any atom is -0.391 e. The van der Waals surface area contributed by atoms with Gasteiger partial charge in [0.05, 0.1) is 4.90 Å². The number of hydrogen-bond donors (Lipinski definition) is 2. The number of ether oxygens (including phenoxy) is 1. The van der Waals surface area contributed by atoms with E-state index in [0.29, 0.717) is 11.4 Å². The van der Waals surface area contributed by atoms with Crippen LogP contribution in [0.25, 0.3) is 0 Å². The average molecular weight is 319 g/mol. The molecule has 0 fully saturated rings. The van der Waals surface area contributed by atoms with Crippen LogP contribution < -0.4 is 11.1 Å². The minimum atomic E-state index is -3.57. The largest absolute Gasteiger partial charge is 0.411 e. The van der Waals surface area contributed by atoms with E-state index in [1.807, 2.05) is 6.92 Å². The van der Waals surface area contributed by atoms with Crippen molar-refractivity contribution in [2.75, 3.05) is 0 Å². The van der Waals surface area contributed by atoms with Crippen molar-refractivity contribution < 1.29 is 17.9 Å². The SMILES string of the molecule is Cc1ccc(S(=O)(=O)C2C=C3C=C(OC(N)=O)N=C3N2)cc1. The molecule has 0 saturated carbocycles. The fourth-order valence-electron chi connectivity index (χ4n) is 2.19. The molecule has 0 aliphatic carbocycles. The number of benzene rings is 1. The quantitative estimate of drug-likeness (QED) is 0.862. The third-order valence-electron chi connectivity index (χ3n) is 3.27. The minimum absolute atomic E-state index is 0.0347. The van der Waals surface area contributed by atoms with Crippen LogP contribution in [-0.4, -0.2) is 25.7 Å². The van der Waals surface area contributed by atoms with Crippen molar-refractivity contribution in [2.45, 2.75) is 17.2 Å². The molecule has 2 aliphatic rings. The molecule has 0 spiro atoms. The zero-order valence-corrected chi connectivity index (χ0v) is 12.4. The number of primary amides is 1. The van der Waals surface area contributed by atoms with Crippen LogP contribution in [0.15, 0.2) is 57.8 Å². The molecule has 1 aromatic carbocycles. The highest BCUT2D eigenvalue weighted by molar-refractivity contribution is 7.92. The van der Waals surface area contributed by atoms with Gasteiger partial charge in [0.2, 0.25) is 15.7 Å². The Kier molecular flexibility index (Phi) is 3.25. The summed E-state index contributed by atoms with van der Waals surface area (Å²) in [4.78, 5) is 14.9. The Bertz CT molecular complexity index is 835. The lowest BCUT2D eigenvalue weighted by atomic mass is 10.2. The van der Waals surface area contributed by atoms with Crippen LogP contribution in [0.1, 0.15) is 5.56 Å². The lowest BCUT2D eigenvalue weighted by Crippen LogP contribution is -2.34. The highest BCUT2D eigenvalue weighted by Crippen LogP contribution is 2.26. The van der Waals surface area contributed by atoms with Crippen molar-refractivity contribution in [3.05, 3.63) is 53.4 Å². The second kappa shape index (κ2) is 4.99. The summed E-state index contributed by atoms with van der Waals surface area (Å²) in [6.45, 7) is 1.89. The Morgan fingerprint density at radius 3 is 2.59 bits per heavy atom. The molecule has 22 heavy (non-hydrogen) atoms. The van der Waals surface area contributed by atoms with Crippen LogP contribution in [0.2, 0.25) is 0 Å². The van der Waals surface area contributed by atoms with Gasteiger partial charge < -0.3 is 15.8 Å². The van der Waals surface area contributed by atoms with Gasteiger partial charge >= 0.3 is 6.09 Å². The van der Waals surface area contributed by atoms with E-state index in [-0.39, 0.29) is 10.8 Å². The van der Waals surface area contributed by atoms with Crippen LogP contribution >= 0.6 is 0 Å². The van der Waals surface area contributed by atoms with Gasteiger partial charge in [-0.15, -0.1) is 0 Å². The summed E-state index contributed by atoms with van der Waals surface area (Å²) < 4.78 is 29.7. The second-order valence-electron chi connectivity index (χ2n) is 4.91. The van der Waals surface area contributed by atoms with Crippen molar-refractivity contribution in [2.24, 2.45) is 10.7 Å². The molecule has 0 bridgehead atoms. The predicted molar refractivity (Wildman–Crippen MR) is 79.6 cm³/mol. The first-order chi connectivity index (χ1) is 10.4. The van der Waals surface area contributed by atoms with E-state index in [9.17, 15) is 13.2 Å². The van der Waals surface area contributed by atoms with Gasteiger partial charge in [0.1, 0.15) is 5.84 Å². The van der Waals surface area contributed by atoms with Crippen molar-refractivity contribution in [3.8, 4) is 0 Å². The number of aryl methyl sites for hydroxylation is 1. The van der Waals surface area contributed by atoms with Crippen molar-refractivity contribution in [1.82, 2.24) is 5.32 Å². The number of carbonyl (C=O) groups excluding carboxylic acids is 1. The van der Waals surface area contributed by atoms with Crippen molar-refractivity contribution >= 4 is 21.8 Å². The summed E-state index contributed by atoms with van der Waals surface area (Å²) >= 11 is 0. The summed E-state index contributed by atoms with van der Waals surface area (Å²) in [5, 5.41) is 1.89. The van der Waals surface area contributed by atoms with Crippen molar-refractivity contribution in [1.29, 1.82) is 0 Å². The van der Waals surface area contributed by atoms with E-state index in [2.05, 4.69) is 15.0 Å². The molecular formula is C14H13N3O4S. The summed E-state index contributed by atoms with van der Waals surface area (Å²) in [5.41, 5.74) is 6.43. The second-order valence-corrected chi connectivity index (χ2v) is 6.98. The van der Waals surface area contributed by atoms with Crippen LogP contribution in [0.3, 0.4) is 0 Å². The maximum absolute atomic E-state index is 12.5. The highest BCUT2D eigenvalue weighted by Gasteiger charge is 2.34. The maximum Gasteiger partial charge on any atom is 0.411 e. The number of rotatable bonds is 3. The van der Waals surface area contributed by atoms with Crippen LogP contribution in [0, 0.1) is 6.92 Å². The number of amidine groups is 1. The number of aliphatic imine (C=N–C) groups is 1. The zero-order valence-electron chi connectivity index (χ0n) is 11.6. The Labute approximate surface area is 127 Å². The maximum atomic E-state index is 12.5. The molecule has 0 saturated heterocycles. The van der Waals surface area contributed by atoms with Gasteiger partial charge in [0.25, 0.3) is 0 Å². The molecule has 7 nitrogen and oxygen atoms in total. The Balaban J connectivity index is 1.86. The fraction of sp³-hybridized carbons (Fsp3) is 0.143. The van der Waals surface area contributed by atoms with Gasteiger partial charge in [-0.1, -0.05) is 17.7 Å². The lowest BCUT2D eigenvalue weighted by Gasteiger charge is -2.12. The number of sulfone groups is 1. The summed E-state index contributed by atoms with van der Waals surface area (Å²) in [5.74, 6) is 0.379. The molecule has 0 aromatic heterocycles. The molecular weight excluding hydrogens is 306 g/mol. The third kappa shape index (κ3) is 2.48. The highest BCUT2D eigenvalue weighted by atomic mass is 32.2. The van der Waals surface area contributed by atoms with Crippen LogP contribution in [0.5, 0.6) is 0 Å². The molecule has 0 radical (unpaired) electrons. The Hall–Kier alpha value is -2.61. The first-order valence-corrected chi connectivity index (χ1v) is 7.98. The number of hydrogen-bond acceptors (Lipinski definition) is 6. The molecule has 114 valence electrons. The monoisotopic (exact) mass is 319 g/mol. The molecule has 8 heteroatoms. The summed E-state index contributed by atoms with van der Waals surface area (Å²) in [6, 6.07) is 6.62. The van der Waals surface area contributed by atoms with Gasteiger partial charge in [-0.2, -0.15) is 4.99 Å². The summed E-state index contributed by atoms with van der Waals surface area (Å²) in [6.07, 6.45) is 2.00.